The SMILES string of the molecule is Nc1ncc(Br)cc1-c1ncco1. The van der Waals surface area contributed by atoms with Crippen LogP contribution in [0.3, 0.4) is 0 Å². The van der Waals surface area contributed by atoms with Crippen LogP contribution < -0.4 is 5.73 Å². The number of aromatic nitrogens is 2. The van der Waals surface area contributed by atoms with Crippen molar-refractivity contribution < 1.29 is 4.42 Å². The van der Waals surface area contributed by atoms with Crippen molar-refractivity contribution in [3.8, 4) is 11.5 Å². The predicted octanol–water partition coefficient (Wildman–Crippen LogP) is 2.08. The molecular formula is C8H6BrN3O. The van der Waals surface area contributed by atoms with Crippen molar-refractivity contribution in [1.82, 2.24) is 9.97 Å². The molecule has 5 heteroatoms. The first-order valence-corrected chi connectivity index (χ1v) is 4.37. The van der Waals surface area contributed by atoms with E-state index in [-0.39, 0.29) is 0 Å². The van der Waals surface area contributed by atoms with E-state index >= 15 is 0 Å². The molecule has 0 aromatic carbocycles. The van der Waals surface area contributed by atoms with Crippen LogP contribution in [0.4, 0.5) is 5.82 Å². The normalized spacial score (nSPS) is 10.2. The molecule has 13 heavy (non-hydrogen) atoms. The first kappa shape index (κ1) is 8.25. The smallest absolute Gasteiger partial charge is 0.229 e. The average molecular weight is 240 g/mol. The van der Waals surface area contributed by atoms with Crippen LogP contribution in [0.25, 0.3) is 11.5 Å². The minimum absolute atomic E-state index is 0.408. The van der Waals surface area contributed by atoms with E-state index < -0.39 is 0 Å². The highest BCUT2D eigenvalue weighted by Gasteiger charge is 2.07. The summed E-state index contributed by atoms with van der Waals surface area (Å²) >= 11 is 3.29. The first-order valence-electron chi connectivity index (χ1n) is 3.58. The van der Waals surface area contributed by atoms with Gasteiger partial charge in [-0.1, -0.05) is 0 Å². The Morgan fingerprint density at radius 2 is 2.23 bits per heavy atom. The van der Waals surface area contributed by atoms with Crippen LogP contribution >= 0.6 is 15.9 Å². The summed E-state index contributed by atoms with van der Waals surface area (Å²) in [5.74, 6) is 0.886. The zero-order chi connectivity index (χ0) is 9.26. The Morgan fingerprint density at radius 3 is 2.92 bits per heavy atom. The highest BCUT2D eigenvalue weighted by atomic mass is 79.9. The lowest BCUT2D eigenvalue weighted by molar-refractivity contribution is 0.574. The van der Waals surface area contributed by atoms with E-state index in [0.29, 0.717) is 17.3 Å². The second kappa shape index (κ2) is 3.18. The zero-order valence-corrected chi connectivity index (χ0v) is 8.15. The minimum atomic E-state index is 0.408. The van der Waals surface area contributed by atoms with Gasteiger partial charge in [-0.2, -0.15) is 0 Å². The molecule has 2 N–H and O–H groups in total. The molecule has 0 spiro atoms. The second-order valence-corrected chi connectivity index (χ2v) is 3.34. The Bertz CT molecular complexity index is 413. The van der Waals surface area contributed by atoms with Crippen LogP contribution in [0.5, 0.6) is 0 Å². The van der Waals surface area contributed by atoms with Gasteiger partial charge in [0.1, 0.15) is 12.1 Å². The summed E-state index contributed by atoms with van der Waals surface area (Å²) < 4.78 is 5.95. The summed E-state index contributed by atoms with van der Waals surface area (Å²) in [6.07, 6.45) is 4.69. The third kappa shape index (κ3) is 1.55. The molecule has 0 aliphatic carbocycles. The number of nitrogens with two attached hydrogens (primary N) is 1. The molecular weight excluding hydrogens is 234 g/mol. The number of anilines is 1. The number of pyridine rings is 1. The number of hydrogen-bond donors (Lipinski definition) is 1. The molecule has 2 aromatic heterocycles. The lowest BCUT2D eigenvalue weighted by Gasteiger charge is -1.99. The van der Waals surface area contributed by atoms with E-state index in [0.717, 1.165) is 4.47 Å². The van der Waals surface area contributed by atoms with Crippen LogP contribution in [-0.4, -0.2) is 9.97 Å². The highest BCUT2D eigenvalue weighted by molar-refractivity contribution is 9.10. The van der Waals surface area contributed by atoms with E-state index in [9.17, 15) is 0 Å². The highest BCUT2D eigenvalue weighted by Crippen LogP contribution is 2.25. The van der Waals surface area contributed by atoms with Crippen molar-refractivity contribution in [3.63, 3.8) is 0 Å². The molecule has 0 aliphatic rings. The maximum atomic E-state index is 5.65. The van der Waals surface area contributed by atoms with Gasteiger partial charge in [0.2, 0.25) is 5.89 Å². The fraction of sp³-hybridized carbons (Fsp3) is 0. The molecule has 0 saturated heterocycles. The molecule has 0 aliphatic heterocycles. The van der Waals surface area contributed by atoms with Gasteiger partial charge >= 0.3 is 0 Å². The molecule has 0 bridgehead atoms. The third-order valence-corrected chi connectivity index (χ3v) is 1.98. The second-order valence-electron chi connectivity index (χ2n) is 2.42. The molecule has 2 aromatic rings. The number of nitrogens with zero attached hydrogens (tertiary/aromatic N) is 2. The number of oxazole rings is 1. The Kier molecular flexibility index (Phi) is 2.02. The lowest BCUT2D eigenvalue weighted by Crippen LogP contribution is -1.93. The van der Waals surface area contributed by atoms with Gasteiger partial charge in [-0.15, -0.1) is 0 Å². The summed E-state index contributed by atoms with van der Waals surface area (Å²) in [4.78, 5) is 7.95. The summed E-state index contributed by atoms with van der Waals surface area (Å²) in [5.41, 5.74) is 6.34. The molecule has 0 unspecified atom stereocenters. The Morgan fingerprint density at radius 1 is 1.38 bits per heavy atom. The molecule has 0 saturated carbocycles. The van der Waals surface area contributed by atoms with Gasteiger partial charge in [-0.3, -0.25) is 0 Å². The molecule has 66 valence electrons. The number of halogens is 1. The standard InChI is InChI=1S/C8H6BrN3O/c9-5-3-6(7(10)12-4-5)8-11-1-2-13-8/h1-4H,(H2,10,12). The summed E-state index contributed by atoms with van der Waals surface area (Å²) in [6, 6.07) is 1.81. The van der Waals surface area contributed by atoms with Crippen LogP contribution in [0, 0.1) is 0 Å². The van der Waals surface area contributed by atoms with Gasteiger partial charge in [-0.05, 0) is 22.0 Å². The van der Waals surface area contributed by atoms with Gasteiger partial charge in [0.05, 0.1) is 11.8 Å². The van der Waals surface area contributed by atoms with Crippen molar-refractivity contribution in [3.05, 3.63) is 29.2 Å². The van der Waals surface area contributed by atoms with Gasteiger partial charge in [-0.25, -0.2) is 9.97 Å². The van der Waals surface area contributed by atoms with E-state index in [2.05, 4.69) is 25.9 Å². The van der Waals surface area contributed by atoms with Gasteiger partial charge < -0.3 is 10.2 Å². The molecule has 0 radical (unpaired) electrons. The molecule has 0 atom stereocenters. The fourth-order valence-electron chi connectivity index (χ4n) is 0.978. The van der Waals surface area contributed by atoms with Crippen molar-refractivity contribution in [2.45, 2.75) is 0 Å². The number of rotatable bonds is 1. The Labute approximate surface area is 82.9 Å². The van der Waals surface area contributed by atoms with E-state index in [1.807, 2.05) is 6.07 Å². The van der Waals surface area contributed by atoms with E-state index in [4.69, 9.17) is 10.2 Å². The van der Waals surface area contributed by atoms with Crippen molar-refractivity contribution in [2.24, 2.45) is 0 Å². The molecule has 4 nitrogen and oxygen atoms in total. The third-order valence-electron chi connectivity index (χ3n) is 1.55. The quantitative estimate of drug-likeness (QED) is 0.828. The van der Waals surface area contributed by atoms with Crippen molar-refractivity contribution >= 4 is 21.7 Å². The number of hydrogen-bond acceptors (Lipinski definition) is 4. The van der Waals surface area contributed by atoms with Crippen LogP contribution in [0.15, 0.2) is 33.6 Å². The van der Waals surface area contributed by atoms with Gasteiger partial charge in [0.25, 0.3) is 0 Å². The largest absolute Gasteiger partial charge is 0.444 e. The summed E-state index contributed by atoms with van der Waals surface area (Å²) in [6.45, 7) is 0. The lowest BCUT2D eigenvalue weighted by atomic mass is 10.2. The van der Waals surface area contributed by atoms with E-state index in [1.54, 1.807) is 12.4 Å². The summed E-state index contributed by atoms with van der Waals surface area (Å²) in [5, 5.41) is 0. The Balaban J connectivity index is 2.57. The predicted molar refractivity (Wildman–Crippen MR) is 51.8 cm³/mol. The average Bonchev–Trinajstić information content (AvgIpc) is 2.61. The van der Waals surface area contributed by atoms with Crippen LogP contribution in [-0.2, 0) is 0 Å². The molecule has 2 heterocycles. The van der Waals surface area contributed by atoms with Gasteiger partial charge in [0.15, 0.2) is 0 Å². The molecule has 0 amide bonds. The van der Waals surface area contributed by atoms with Crippen LogP contribution in [0.2, 0.25) is 0 Å². The Hall–Kier alpha value is -1.36. The first-order chi connectivity index (χ1) is 6.27. The maximum absolute atomic E-state index is 5.65. The summed E-state index contributed by atoms with van der Waals surface area (Å²) in [7, 11) is 0. The maximum Gasteiger partial charge on any atom is 0.229 e. The van der Waals surface area contributed by atoms with Crippen LogP contribution in [0.1, 0.15) is 0 Å². The number of nitrogen functional groups attached to an aromatic ring is 1. The van der Waals surface area contributed by atoms with E-state index in [1.165, 1.54) is 6.26 Å². The topological polar surface area (TPSA) is 64.9 Å². The zero-order valence-electron chi connectivity index (χ0n) is 6.57. The van der Waals surface area contributed by atoms with Crippen molar-refractivity contribution in [1.29, 1.82) is 0 Å². The van der Waals surface area contributed by atoms with Gasteiger partial charge in [0, 0.05) is 10.7 Å². The molecule has 0 fully saturated rings. The molecule has 2 rings (SSSR count). The monoisotopic (exact) mass is 239 g/mol. The van der Waals surface area contributed by atoms with Crippen molar-refractivity contribution in [2.75, 3.05) is 5.73 Å². The fourth-order valence-corrected chi connectivity index (χ4v) is 1.31. The minimum Gasteiger partial charge on any atom is -0.444 e.